The van der Waals surface area contributed by atoms with Gasteiger partial charge < -0.3 is 28.8 Å². The molecule has 3 heterocycles. The van der Waals surface area contributed by atoms with Gasteiger partial charge >= 0.3 is 6.36 Å². The number of ether oxygens (including phenoxy) is 3. The maximum atomic E-state index is 13.0. The second kappa shape index (κ2) is 11.5. The lowest BCUT2D eigenvalue weighted by Gasteiger charge is -2.26. The number of rotatable bonds is 9. The zero-order chi connectivity index (χ0) is 26.5. The molecule has 2 aliphatic heterocycles. The van der Waals surface area contributed by atoms with Gasteiger partial charge in [-0.2, -0.15) is 0 Å². The highest BCUT2D eigenvalue weighted by Gasteiger charge is 2.32. The molecule has 0 unspecified atom stereocenters. The molecule has 0 spiro atoms. The van der Waals surface area contributed by atoms with E-state index in [4.69, 9.17) is 13.9 Å². The maximum absolute atomic E-state index is 13.0. The first-order chi connectivity index (χ1) is 18.3. The summed E-state index contributed by atoms with van der Waals surface area (Å²) in [7, 11) is 0. The van der Waals surface area contributed by atoms with Crippen molar-refractivity contribution in [2.24, 2.45) is 0 Å². The third-order valence-corrected chi connectivity index (χ3v) is 6.37. The summed E-state index contributed by atoms with van der Waals surface area (Å²) in [5, 5.41) is 6.32. The SMILES string of the molecule is Cc1ccc(OCCN2CCOCC2)cc1Nc1ncc(-c2cc(OC(F)(F)F)cc(N3CCNC3)c2)o1. The third-order valence-electron chi connectivity index (χ3n) is 6.37. The lowest BCUT2D eigenvalue weighted by Crippen LogP contribution is -2.38. The number of hydrogen-bond acceptors (Lipinski definition) is 9. The Kier molecular flexibility index (Phi) is 7.91. The Hall–Kier alpha value is -3.48. The van der Waals surface area contributed by atoms with Gasteiger partial charge in [0.2, 0.25) is 0 Å². The predicted octanol–water partition coefficient (Wildman–Crippen LogP) is 4.37. The van der Waals surface area contributed by atoms with Crippen LogP contribution in [-0.2, 0) is 4.74 Å². The van der Waals surface area contributed by atoms with Crippen LogP contribution in [0.15, 0.2) is 47.0 Å². The van der Waals surface area contributed by atoms with Crippen molar-refractivity contribution >= 4 is 17.4 Å². The normalized spacial score (nSPS) is 16.6. The lowest BCUT2D eigenvalue weighted by atomic mass is 10.1. The number of alkyl halides is 3. The Labute approximate surface area is 218 Å². The molecule has 2 N–H and O–H groups in total. The van der Waals surface area contributed by atoms with Crippen LogP contribution in [0, 0.1) is 6.92 Å². The fourth-order valence-electron chi connectivity index (χ4n) is 4.35. The molecule has 38 heavy (non-hydrogen) atoms. The highest BCUT2D eigenvalue weighted by molar-refractivity contribution is 5.69. The quantitative estimate of drug-likeness (QED) is 0.417. The van der Waals surface area contributed by atoms with Crippen molar-refractivity contribution in [3.8, 4) is 22.8 Å². The Balaban J connectivity index is 1.29. The first kappa shape index (κ1) is 26.1. The van der Waals surface area contributed by atoms with E-state index in [0.29, 0.717) is 42.6 Å². The van der Waals surface area contributed by atoms with Crippen molar-refractivity contribution in [2.45, 2.75) is 13.3 Å². The summed E-state index contributed by atoms with van der Waals surface area (Å²) in [5.41, 5.74) is 2.72. The number of hydrogen-bond donors (Lipinski definition) is 2. The number of nitrogens with one attached hydrogen (secondary N) is 2. The summed E-state index contributed by atoms with van der Waals surface area (Å²) >= 11 is 0. The van der Waals surface area contributed by atoms with Crippen molar-refractivity contribution in [1.29, 1.82) is 0 Å². The monoisotopic (exact) mass is 533 g/mol. The van der Waals surface area contributed by atoms with E-state index in [1.54, 1.807) is 6.07 Å². The first-order valence-corrected chi connectivity index (χ1v) is 12.5. The van der Waals surface area contributed by atoms with Crippen molar-refractivity contribution in [3.63, 3.8) is 0 Å². The Morgan fingerprint density at radius 2 is 1.92 bits per heavy atom. The maximum Gasteiger partial charge on any atom is 0.573 e. The zero-order valence-corrected chi connectivity index (χ0v) is 21.0. The van der Waals surface area contributed by atoms with Gasteiger partial charge in [0.25, 0.3) is 6.01 Å². The van der Waals surface area contributed by atoms with Crippen LogP contribution in [-0.4, -0.2) is 75.5 Å². The molecular weight excluding hydrogens is 503 g/mol. The molecule has 2 saturated heterocycles. The second-order valence-corrected chi connectivity index (χ2v) is 9.12. The van der Waals surface area contributed by atoms with Gasteiger partial charge in [-0.05, 0) is 30.7 Å². The highest BCUT2D eigenvalue weighted by atomic mass is 19.4. The number of morpholine rings is 1. The average Bonchev–Trinajstić information content (AvgIpc) is 3.58. The number of nitrogens with zero attached hydrogens (tertiary/aromatic N) is 3. The lowest BCUT2D eigenvalue weighted by molar-refractivity contribution is -0.274. The topological polar surface area (TPSA) is 84.3 Å². The molecule has 0 radical (unpaired) electrons. The Bertz CT molecular complexity index is 1220. The number of benzene rings is 2. The Morgan fingerprint density at radius 1 is 1.08 bits per heavy atom. The summed E-state index contributed by atoms with van der Waals surface area (Å²) < 4.78 is 60.3. The number of aryl methyl sites for hydroxylation is 1. The highest BCUT2D eigenvalue weighted by Crippen LogP contribution is 2.35. The van der Waals surface area contributed by atoms with E-state index in [9.17, 15) is 13.2 Å². The van der Waals surface area contributed by atoms with Gasteiger partial charge in [0.1, 0.15) is 18.1 Å². The van der Waals surface area contributed by atoms with Crippen LogP contribution in [0.3, 0.4) is 0 Å². The molecule has 1 aromatic heterocycles. The standard InChI is InChI=1S/C26H30F3N5O4/c1-18-2-3-21(36-11-8-33-6-9-35-10-7-33)15-23(18)32-25-31-16-24(37-25)19-12-20(34-5-4-30-17-34)14-22(13-19)38-26(27,28)29/h2-3,12-16,30H,4-11,17H2,1H3,(H,31,32). The first-order valence-electron chi connectivity index (χ1n) is 12.5. The van der Waals surface area contributed by atoms with Gasteiger partial charge in [-0.15, -0.1) is 13.2 Å². The van der Waals surface area contributed by atoms with Crippen molar-refractivity contribution in [3.05, 3.63) is 48.2 Å². The summed E-state index contributed by atoms with van der Waals surface area (Å²) in [6.07, 6.45) is -3.33. The van der Waals surface area contributed by atoms with E-state index in [2.05, 4.69) is 25.3 Å². The molecule has 0 bridgehead atoms. The van der Waals surface area contributed by atoms with E-state index < -0.39 is 6.36 Å². The molecule has 0 atom stereocenters. The minimum absolute atomic E-state index is 0.208. The molecule has 204 valence electrons. The molecule has 2 aliphatic rings. The average molecular weight is 534 g/mol. The molecule has 9 nitrogen and oxygen atoms in total. The number of aromatic nitrogens is 1. The van der Waals surface area contributed by atoms with Gasteiger partial charge in [0.05, 0.1) is 26.1 Å². The summed E-state index contributed by atoms with van der Waals surface area (Å²) in [5.74, 6) is 0.698. The predicted molar refractivity (Wildman–Crippen MR) is 136 cm³/mol. The number of halogens is 3. The molecule has 0 amide bonds. The van der Waals surface area contributed by atoms with Crippen LogP contribution < -0.4 is 25.0 Å². The third kappa shape index (κ3) is 6.88. The smallest absolute Gasteiger partial charge is 0.492 e. The molecule has 12 heteroatoms. The van der Waals surface area contributed by atoms with Crippen LogP contribution in [0.4, 0.5) is 30.6 Å². The molecule has 2 fully saturated rings. The van der Waals surface area contributed by atoms with Gasteiger partial charge in [0.15, 0.2) is 5.76 Å². The minimum atomic E-state index is -4.81. The van der Waals surface area contributed by atoms with E-state index in [-0.39, 0.29) is 11.8 Å². The van der Waals surface area contributed by atoms with E-state index >= 15 is 0 Å². The van der Waals surface area contributed by atoms with Gasteiger partial charge in [-0.3, -0.25) is 10.2 Å². The van der Waals surface area contributed by atoms with Crippen molar-refractivity contribution < 1.29 is 31.8 Å². The van der Waals surface area contributed by atoms with Crippen LogP contribution in [0.1, 0.15) is 5.56 Å². The molecule has 3 aromatic rings. The molecule has 2 aromatic carbocycles. The fraction of sp³-hybridized carbons (Fsp3) is 0.423. The minimum Gasteiger partial charge on any atom is -0.492 e. The second-order valence-electron chi connectivity index (χ2n) is 9.12. The molecule has 0 aliphatic carbocycles. The van der Waals surface area contributed by atoms with Gasteiger partial charge in [-0.1, -0.05) is 6.07 Å². The van der Waals surface area contributed by atoms with Crippen LogP contribution >= 0.6 is 0 Å². The number of oxazole rings is 1. The molecule has 5 rings (SSSR count). The van der Waals surface area contributed by atoms with E-state index in [1.165, 1.54) is 18.3 Å². The van der Waals surface area contributed by atoms with E-state index in [1.807, 2.05) is 30.0 Å². The fourth-order valence-corrected chi connectivity index (χ4v) is 4.35. The van der Waals surface area contributed by atoms with Gasteiger partial charge in [0, 0.05) is 61.8 Å². The molecule has 0 saturated carbocycles. The van der Waals surface area contributed by atoms with Crippen LogP contribution in [0.2, 0.25) is 0 Å². The summed E-state index contributed by atoms with van der Waals surface area (Å²) in [6.45, 7) is 8.54. The number of anilines is 3. The Morgan fingerprint density at radius 3 is 2.68 bits per heavy atom. The van der Waals surface area contributed by atoms with Gasteiger partial charge in [-0.25, -0.2) is 4.98 Å². The van der Waals surface area contributed by atoms with Crippen LogP contribution in [0.25, 0.3) is 11.3 Å². The van der Waals surface area contributed by atoms with Crippen molar-refractivity contribution in [2.75, 3.05) is 69.4 Å². The molecular formula is C26H30F3N5O4. The van der Waals surface area contributed by atoms with Crippen molar-refractivity contribution in [1.82, 2.24) is 15.2 Å². The zero-order valence-electron chi connectivity index (χ0n) is 21.0. The van der Waals surface area contributed by atoms with E-state index in [0.717, 1.165) is 50.6 Å². The summed E-state index contributed by atoms with van der Waals surface area (Å²) in [6, 6.07) is 10.3. The van der Waals surface area contributed by atoms with Crippen LogP contribution in [0.5, 0.6) is 11.5 Å². The largest absolute Gasteiger partial charge is 0.573 e. The summed E-state index contributed by atoms with van der Waals surface area (Å²) in [4.78, 5) is 8.51.